The van der Waals surface area contributed by atoms with Crippen molar-refractivity contribution in [2.45, 2.75) is 57.9 Å². The first-order chi connectivity index (χ1) is 13.3. The minimum Gasteiger partial charge on any atom is -0.369 e. The molecule has 1 saturated carbocycles. The van der Waals surface area contributed by atoms with Crippen molar-refractivity contribution in [3.8, 4) is 0 Å². The molecule has 1 atom stereocenters. The zero-order chi connectivity index (χ0) is 20.7. The van der Waals surface area contributed by atoms with Crippen LogP contribution in [0.3, 0.4) is 0 Å². The Labute approximate surface area is 171 Å². The number of aryl methyl sites for hydroxylation is 1. The quantitative estimate of drug-likeness (QED) is 0.617. The van der Waals surface area contributed by atoms with Crippen LogP contribution in [0.4, 0.5) is 0 Å². The Balaban J connectivity index is 2.02. The Morgan fingerprint density at radius 2 is 1.89 bits per heavy atom. The number of benzene rings is 1. The number of amides is 3. The van der Waals surface area contributed by atoms with Gasteiger partial charge in [0.1, 0.15) is 6.04 Å². The maximum absolute atomic E-state index is 12.7. The van der Waals surface area contributed by atoms with Crippen molar-refractivity contribution < 1.29 is 14.4 Å². The number of rotatable bonds is 8. The average Bonchev–Trinajstić information content (AvgIpc) is 2.68. The summed E-state index contributed by atoms with van der Waals surface area (Å²) in [6.07, 6.45) is 5.50. The first-order valence-electron chi connectivity index (χ1n) is 9.95. The molecule has 0 saturated heterocycles. The lowest BCUT2D eigenvalue weighted by Crippen LogP contribution is -2.47. The topological polar surface area (TPSA) is 101 Å². The van der Waals surface area contributed by atoms with Crippen molar-refractivity contribution >= 4 is 29.3 Å². The van der Waals surface area contributed by atoms with Gasteiger partial charge >= 0.3 is 0 Å². The van der Waals surface area contributed by atoms with Crippen LogP contribution in [0.15, 0.2) is 18.2 Å². The van der Waals surface area contributed by atoms with Gasteiger partial charge in [0.25, 0.3) is 5.91 Å². The second kappa shape index (κ2) is 10.5. The maximum atomic E-state index is 12.7. The van der Waals surface area contributed by atoms with Crippen molar-refractivity contribution in [3.05, 3.63) is 34.3 Å². The lowest BCUT2D eigenvalue weighted by molar-refractivity contribution is -0.124. The fraction of sp³-hybridized carbons (Fsp3) is 0.571. The van der Waals surface area contributed by atoms with Crippen LogP contribution >= 0.6 is 11.6 Å². The summed E-state index contributed by atoms with van der Waals surface area (Å²) < 4.78 is 0. The summed E-state index contributed by atoms with van der Waals surface area (Å²) in [6, 6.07) is 4.63. The molecular weight excluding hydrogens is 378 g/mol. The van der Waals surface area contributed by atoms with Crippen LogP contribution in [0, 0.1) is 11.8 Å². The van der Waals surface area contributed by atoms with E-state index < -0.39 is 6.04 Å². The molecule has 0 heterocycles. The lowest BCUT2D eigenvalue weighted by atomic mass is 9.79. The molecule has 0 spiro atoms. The molecule has 4 N–H and O–H groups in total. The number of nitrogens with two attached hydrogens (primary N) is 1. The highest BCUT2D eigenvalue weighted by Gasteiger charge is 2.29. The van der Waals surface area contributed by atoms with E-state index in [4.69, 9.17) is 17.3 Å². The fourth-order valence-electron chi connectivity index (χ4n) is 3.82. The number of carbonyl (C=O) groups excluding carboxylic acids is 3. The lowest BCUT2D eigenvalue weighted by Gasteiger charge is -2.29. The number of hydrogen-bond donors (Lipinski definition) is 3. The highest BCUT2D eigenvalue weighted by atomic mass is 35.5. The molecular formula is C21H30ClN3O3. The molecule has 0 bridgehead atoms. The Morgan fingerprint density at radius 1 is 1.21 bits per heavy atom. The molecule has 1 unspecified atom stereocenters. The SMILES string of the molecule is CCCc1ccc(C(=O)NC(CC2CCC(C(N)=O)CC2)C(=O)NC)cc1Cl. The third-order valence-electron chi connectivity index (χ3n) is 5.52. The molecule has 0 aliphatic heterocycles. The molecule has 1 aromatic carbocycles. The monoisotopic (exact) mass is 407 g/mol. The molecule has 6 nitrogen and oxygen atoms in total. The predicted molar refractivity (Wildman–Crippen MR) is 110 cm³/mol. The van der Waals surface area contributed by atoms with Gasteiger partial charge in [-0.15, -0.1) is 0 Å². The normalized spacial score (nSPS) is 20.2. The summed E-state index contributed by atoms with van der Waals surface area (Å²) in [5.41, 5.74) is 6.83. The molecule has 1 fully saturated rings. The van der Waals surface area contributed by atoms with Gasteiger partial charge in [0.05, 0.1) is 0 Å². The van der Waals surface area contributed by atoms with E-state index in [1.165, 1.54) is 0 Å². The minimum atomic E-state index is -0.623. The van der Waals surface area contributed by atoms with Gasteiger partial charge in [-0.3, -0.25) is 14.4 Å². The van der Waals surface area contributed by atoms with Gasteiger partial charge < -0.3 is 16.4 Å². The van der Waals surface area contributed by atoms with Crippen LogP contribution in [0.2, 0.25) is 5.02 Å². The number of nitrogens with one attached hydrogen (secondary N) is 2. The van der Waals surface area contributed by atoms with Gasteiger partial charge in [0.15, 0.2) is 0 Å². The summed E-state index contributed by atoms with van der Waals surface area (Å²) >= 11 is 6.28. The molecule has 1 aliphatic carbocycles. The van der Waals surface area contributed by atoms with E-state index in [0.717, 1.165) is 44.1 Å². The van der Waals surface area contributed by atoms with Gasteiger partial charge in [-0.05, 0) is 62.1 Å². The molecule has 0 radical (unpaired) electrons. The van der Waals surface area contributed by atoms with E-state index in [1.54, 1.807) is 19.2 Å². The van der Waals surface area contributed by atoms with Crippen LogP contribution < -0.4 is 16.4 Å². The first-order valence-corrected chi connectivity index (χ1v) is 10.3. The fourth-order valence-corrected chi connectivity index (χ4v) is 4.10. The molecule has 154 valence electrons. The predicted octanol–water partition coefficient (Wildman–Crippen LogP) is 2.82. The third-order valence-corrected chi connectivity index (χ3v) is 5.87. The van der Waals surface area contributed by atoms with Gasteiger partial charge in [-0.2, -0.15) is 0 Å². The van der Waals surface area contributed by atoms with Crippen LogP contribution in [0.1, 0.15) is 61.4 Å². The molecule has 1 aromatic rings. The number of hydrogen-bond acceptors (Lipinski definition) is 3. The largest absolute Gasteiger partial charge is 0.369 e. The van der Waals surface area contributed by atoms with Gasteiger partial charge in [0.2, 0.25) is 11.8 Å². The van der Waals surface area contributed by atoms with E-state index in [-0.39, 0.29) is 29.6 Å². The summed E-state index contributed by atoms with van der Waals surface area (Å²) in [5.74, 6) is -0.594. The molecule has 2 rings (SSSR count). The van der Waals surface area contributed by atoms with Crippen molar-refractivity contribution in [2.24, 2.45) is 17.6 Å². The van der Waals surface area contributed by atoms with Crippen molar-refractivity contribution in [3.63, 3.8) is 0 Å². The summed E-state index contributed by atoms with van der Waals surface area (Å²) in [5, 5.41) is 6.03. The zero-order valence-electron chi connectivity index (χ0n) is 16.6. The van der Waals surface area contributed by atoms with E-state index in [2.05, 4.69) is 17.6 Å². The Hall–Kier alpha value is -2.08. The standard InChI is InChI=1S/C21H30ClN3O3/c1-3-4-14-9-10-16(12-17(14)22)20(27)25-18(21(28)24-2)11-13-5-7-15(8-6-13)19(23)26/h9-10,12-13,15,18H,3-8,11H2,1-2H3,(H2,23,26)(H,24,28)(H,25,27). The number of primary amides is 1. The number of likely N-dealkylation sites (N-methyl/N-ethyl adjacent to an activating group) is 1. The molecule has 1 aliphatic rings. The second-order valence-electron chi connectivity index (χ2n) is 7.55. The molecule has 7 heteroatoms. The van der Waals surface area contributed by atoms with Crippen molar-refractivity contribution in [2.75, 3.05) is 7.05 Å². The zero-order valence-corrected chi connectivity index (χ0v) is 17.3. The van der Waals surface area contributed by atoms with Gasteiger partial charge in [0, 0.05) is 23.6 Å². The second-order valence-corrected chi connectivity index (χ2v) is 7.96. The average molecular weight is 408 g/mol. The number of carbonyl (C=O) groups is 3. The van der Waals surface area contributed by atoms with Crippen molar-refractivity contribution in [1.29, 1.82) is 0 Å². The number of halogens is 1. The van der Waals surface area contributed by atoms with E-state index in [1.807, 2.05) is 6.07 Å². The van der Waals surface area contributed by atoms with E-state index in [9.17, 15) is 14.4 Å². The highest BCUT2D eigenvalue weighted by Crippen LogP contribution is 2.31. The van der Waals surface area contributed by atoms with E-state index in [0.29, 0.717) is 17.0 Å². The third kappa shape index (κ3) is 5.96. The van der Waals surface area contributed by atoms with E-state index >= 15 is 0 Å². The van der Waals surface area contributed by atoms with Crippen LogP contribution in [0.5, 0.6) is 0 Å². The van der Waals surface area contributed by atoms with Crippen LogP contribution in [-0.4, -0.2) is 30.8 Å². The van der Waals surface area contributed by atoms with Gasteiger partial charge in [-0.1, -0.05) is 31.0 Å². The summed E-state index contributed by atoms with van der Waals surface area (Å²) in [6.45, 7) is 2.07. The Morgan fingerprint density at radius 3 is 2.43 bits per heavy atom. The highest BCUT2D eigenvalue weighted by molar-refractivity contribution is 6.31. The summed E-state index contributed by atoms with van der Waals surface area (Å²) in [7, 11) is 1.56. The molecule has 0 aromatic heterocycles. The maximum Gasteiger partial charge on any atom is 0.251 e. The molecule has 3 amide bonds. The van der Waals surface area contributed by atoms with Crippen LogP contribution in [0.25, 0.3) is 0 Å². The molecule has 28 heavy (non-hydrogen) atoms. The first kappa shape index (κ1) is 22.2. The Bertz CT molecular complexity index is 715. The minimum absolute atomic E-state index is 0.0759. The van der Waals surface area contributed by atoms with Gasteiger partial charge in [-0.25, -0.2) is 0 Å². The van der Waals surface area contributed by atoms with Crippen molar-refractivity contribution in [1.82, 2.24) is 10.6 Å². The Kier molecular flexibility index (Phi) is 8.30. The smallest absolute Gasteiger partial charge is 0.251 e. The van der Waals surface area contributed by atoms with Crippen LogP contribution in [-0.2, 0) is 16.0 Å². The summed E-state index contributed by atoms with van der Waals surface area (Å²) in [4.78, 5) is 36.3.